The smallest absolute Gasteiger partial charge is 0.267 e. The molecular weight excluding hydrogens is 412 g/mol. The molecule has 3 aliphatic rings. The summed E-state index contributed by atoms with van der Waals surface area (Å²) in [6, 6.07) is 8.50. The van der Waals surface area contributed by atoms with Crippen molar-refractivity contribution < 1.29 is 9.21 Å². The molecule has 3 atom stereocenters. The molecule has 33 heavy (non-hydrogen) atoms. The van der Waals surface area contributed by atoms with Gasteiger partial charge in [-0.25, -0.2) is 0 Å². The number of aromatic amines is 1. The number of hydrogen-bond donors (Lipinski definition) is 2. The predicted octanol–water partition coefficient (Wildman–Crippen LogP) is 4.57. The number of furan rings is 1. The first-order valence-electron chi connectivity index (χ1n) is 12.9. The van der Waals surface area contributed by atoms with Crippen LogP contribution in [0.15, 0.2) is 28.7 Å². The zero-order chi connectivity index (χ0) is 22.5. The molecule has 6 rings (SSSR count). The number of carbonyl (C=O) groups excluding carboxylic acids is 1. The van der Waals surface area contributed by atoms with Crippen LogP contribution >= 0.6 is 0 Å². The molecule has 3 aromatic rings. The van der Waals surface area contributed by atoms with Crippen molar-refractivity contribution in [1.82, 2.24) is 20.1 Å². The molecule has 2 aliphatic heterocycles. The Morgan fingerprint density at radius 3 is 2.52 bits per heavy atom. The van der Waals surface area contributed by atoms with E-state index in [2.05, 4.69) is 46.1 Å². The SMILES string of the molecule is CC(C)c1cc2ccc3[nH]c(C(=O)NC4[C@H]5CN(CCN6CCCCCC6)C[C@@H]45)cc3c2o1. The number of likely N-dealkylation sites (tertiary alicyclic amines) is 2. The number of H-pyrrole nitrogens is 1. The molecule has 2 saturated heterocycles. The van der Waals surface area contributed by atoms with Crippen molar-refractivity contribution in [3.05, 3.63) is 35.7 Å². The van der Waals surface area contributed by atoms with E-state index in [4.69, 9.17) is 4.42 Å². The second kappa shape index (κ2) is 8.48. The molecule has 176 valence electrons. The lowest BCUT2D eigenvalue weighted by atomic mass is 10.1. The average Bonchev–Trinajstić information content (AvgIpc) is 3.17. The van der Waals surface area contributed by atoms with Gasteiger partial charge in [0.05, 0.1) is 0 Å². The number of aromatic nitrogens is 1. The van der Waals surface area contributed by atoms with Gasteiger partial charge in [0.15, 0.2) is 0 Å². The number of nitrogens with one attached hydrogen (secondary N) is 2. The first kappa shape index (κ1) is 21.2. The minimum absolute atomic E-state index is 0.00510. The van der Waals surface area contributed by atoms with Crippen LogP contribution in [0.3, 0.4) is 0 Å². The van der Waals surface area contributed by atoms with Crippen molar-refractivity contribution in [2.75, 3.05) is 39.3 Å². The second-order valence-electron chi connectivity index (χ2n) is 10.8. The van der Waals surface area contributed by atoms with Crippen LogP contribution in [0.5, 0.6) is 0 Å². The third-order valence-corrected chi connectivity index (χ3v) is 8.11. The Hall–Kier alpha value is -2.31. The first-order valence-corrected chi connectivity index (χ1v) is 12.9. The van der Waals surface area contributed by atoms with Gasteiger partial charge in [0.2, 0.25) is 0 Å². The molecule has 0 spiro atoms. The number of nitrogens with zero attached hydrogens (tertiary/aromatic N) is 2. The van der Waals surface area contributed by atoms with Crippen LogP contribution in [0.2, 0.25) is 0 Å². The van der Waals surface area contributed by atoms with E-state index in [1.807, 2.05) is 12.1 Å². The number of amides is 1. The molecular formula is C27H36N4O2. The molecule has 2 aromatic heterocycles. The zero-order valence-electron chi connectivity index (χ0n) is 19.9. The summed E-state index contributed by atoms with van der Waals surface area (Å²) in [6.07, 6.45) is 5.51. The summed E-state index contributed by atoms with van der Waals surface area (Å²) in [5.74, 6) is 2.56. The minimum atomic E-state index is 0.00510. The fraction of sp³-hybridized carbons (Fsp3) is 0.593. The third-order valence-electron chi connectivity index (χ3n) is 8.11. The van der Waals surface area contributed by atoms with E-state index in [1.165, 1.54) is 51.9 Å². The van der Waals surface area contributed by atoms with Gasteiger partial charge in [0, 0.05) is 54.4 Å². The first-order chi connectivity index (χ1) is 16.1. The number of hydrogen-bond acceptors (Lipinski definition) is 4. The average molecular weight is 449 g/mol. The summed E-state index contributed by atoms with van der Waals surface area (Å²) in [6.45, 7) is 11.4. The molecule has 0 bridgehead atoms. The standard InChI is InChI=1S/C27H36N4O2/c1-17(2)24-13-18-7-8-22-19(26(18)33-24)14-23(28-22)27(32)29-25-20-15-31(16-21(20)25)12-11-30-9-5-3-4-6-10-30/h7-8,13-14,17,20-21,25,28H,3-6,9-12,15-16H2,1-2H3,(H,29,32)/t20-,21+,25?. The summed E-state index contributed by atoms with van der Waals surface area (Å²) in [5, 5.41) is 5.38. The Balaban J connectivity index is 1.05. The highest BCUT2D eigenvalue weighted by atomic mass is 16.3. The van der Waals surface area contributed by atoms with Crippen molar-refractivity contribution in [3.8, 4) is 0 Å². The molecule has 6 heteroatoms. The number of rotatable bonds is 6. The summed E-state index contributed by atoms with van der Waals surface area (Å²) >= 11 is 0. The number of fused-ring (bicyclic) bond motifs is 4. The van der Waals surface area contributed by atoms with Gasteiger partial charge in [-0.3, -0.25) is 4.79 Å². The normalized spacial score (nSPS) is 26.2. The van der Waals surface area contributed by atoms with Crippen molar-refractivity contribution in [2.45, 2.75) is 51.5 Å². The lowest BCUT2D eigenvalue weighted by Crippen LogP contribution is -2.39. The van der Waals surface area contributed by atoms with E-state index in [0.717, 1.165) is 40.7 Å². The topological polar surface area (TPSA) is 64.5 Å². The molecule has 1 saturated carbocycles. The van der Waals surface area contributed by atoms with Crippen LogP contribution in [0.4, 0.5) is 0 Å². The molecule has 4 heterocycles. The predicted molar refractivity (Wildman–Crippen MR) is 132 cm³/mol. The maximum atomic E-state index is 13.0. The van der Waals surface area contributed by atoms with E-state index < -0.39 is 0 Å². The second-order valence-corrected chi connectivity index (χ2v) is 10.8. The van der Waals surface area contributed by atoms with Crippen molar-refractivity contribution >= 4 is 27.8 Å². The van der Waals surface area contributed by atoms with Gasteiger partial charge in [0.1, 0.15) is 17.0 Å². The van der Waals surface area contributed by atoms with Gasteiger partial charge in [-0.05, 0) is 62.0 Å². The van der Waals surface area contributed by atoms with E-state index in [1.54, 1.807) is 0 Å². The fourth-order valence-electron chi connectivity index (χ4n) is 6.01. The Kier molecular flexibility index (Phi) is 5.46. The number of benzene rings is 1. The van der Waals surface area contributed by atoms with Crippen molar-refractivity contribution in [1.29, 1.82) is 0 Å². The lowest BCUT2D eigenvalue weighted by molar-refractivity contribution is 0.0938. The van der Waals surface area contributed by atoms with E-state index in [0.29, 0.717) is 29.5 Å². The number of piperidine rings is 1. The highest BCUT2D eigenvalue weighted by Crippen LogP contribution is 2.45. The van der Waals surface area contributed by atoms with E-state index in [-0.39, 0.29) is 5.91 Å². The molecule has 6 nitrogen and oxygen atoms in total. The van der Waals surface area contributed by atoms with Gasteiger partial charge in [0.25, 0.3) is 5.91 Å². The fourth-order valence-corrected chi connectivity index (χ4v) is 6.01. The Labute approximate surface area is 195 Å². The lowest BCUT2D eigenvalue weighted by Gasteiger charge is -2.25. The quantitative estimate of drug-likeness (QED) is 0.580. The highest BCUT2D eigenvalue weighted by molar-refractivity contribution is 6.07. The summed E-state index contributed by atoms with van der Waals surface area (Å²) in [7, 11) is 0. The maximum Gasteiger partial charge on any atom is 0.267 e. The van der Waals surface area contributed by atoms with Gasteiger partial charge < -0.3 is 24.5 Å². The van der Waals surface area contributed by atoms with Crippen LogP contribution in [-0.4, -0.2) is 66.0 Å². The summed E-state index contributed by atoms with van der Waals surface area (Å²) < 4.78 is 6.11. The Morgan fingerprint density at radius 2 is 1.79 bits per heavy atom. The van der Waals surface area contributed by atoms with Crippen LogP contribution in [0.25, 0.3) is 21.9 Å². The molecule has 1 amide bonds. The highest BCUT2D eigenvalue weighted by Gasteiger charge is 2.56. The van der Waals surface area contributed by atoms with Crippen LogP contribution in [0, 0.1) is 11.8 Å². The summed E-state index contributed by atoms with van der Waals surface area (Å²) in [5.41, 5.74) is 2.45. The van der Waals surface area contributed by atoms with Gasteiger partial charge in [-0.2, -0.15) is 0 Å². The monoisotopic (exact) mass is 448 g/mol. The van der Waals surface area contributed by atoms with Crippen molar-refractivity contribution in [2.24, 2.45) is 11.8 Å². The van der Waals surface area contributed by atoms with Gasteiger partial charge >= 0.3 is 0 Å². The van der Waals surface area contributed by atoms with Gasteiger partial charge in [-0.1, -0.05) is 26.7 Å². The number of carbonyl (C=O) groups is 1. The molecule has 1 unspecified atom stereocenters. The van der Waals surface area contributed by atoms with Gasteiger partial charge in [-0.15, -0.1) is 0 Å². The zero-order valence-corrected chi connectivity index (χ0v) is 19.9. The molecule has 1 aromatic carbocycles. The molecule has 0 radical (unpaired) electrons. The third kappa shape index (κ3) is 4.08. The van der Waals surface area contributed by atoms with Crippen LogP contribution in [-0.2, 0) is 0 Å². The minimum Gasteiger partial charge on any atom is -0.460 e. The van der Waals surface area contributed by atoms with Crippen LogP contribution in [0.1, 0.15) is 61.7 Å². The summed E-state index contributed by atoms with van der Waals surface area (Å²) in [4.78, 5) is 21.6. The molecule has 1 aliphatic carbocycles. The molecule has 3 fully saturated rings. The van der Waals surface area contributed by atoms with E-state index in [9.17, 15) is 4.79 Å². The maximum absolute atomic E-state index is 13.0. The van der Waals surface area contributed by atoms with E-state index >= 15 is 0 Å². The van der Waals surface area contributed by atoms with Crippen LogP contribution < -0.4 is 5.32 Å². The molecule has 2 N–H and O–H groups in total. The Morgan fingerprint density at radius 1 is 1.06 bits per heavy atom. The Bertz CT molecular complexity index is 1140. The van der Waals surface area contributed by atoms with Crippen molar-refractivity contribution in [3.63, 3.8) is 0 Å². The largest absolute Gasteiger partial charge is 0.460 e.